The summed E-state index contributed by atoms with van der Waals surface area (Å²) in [5.41, 5.74) is 2.78. The first-order valence-corrected chi connectivity index (χ1v) is 6.57. The molecule has 0 radical (unpaired) electrons. The van der Waals surface area contributed by atoms with Crippen molar-refractivity contribution in [3.05, 3.63) is 29.7 Å². The fourth-order valence-corrected chi connectivity index (χ4v) is 2.54. The normalized spacial score (nSPS) is 13.9. The average Bonchev–Trinajstić information content (AvgIpc) is 2.98. The van der Waals surface area contributed by atoms with E-state index in [1.807, 2.05) is 32.0 Å². The van der Waals surface area contributed by atoms with Crippen LogP contribution in [0.2, 0.25) is 0 Å². The first kappa shape index (κ1) is 11.4. The van der Waals surface area contributed by atoms with Crippen LogP contribution in [-0.2, 0) is 0 Å². The predicted octanol–water partition coefficient (Wildman–Crippen LogP) is 3.21. The third-order valence-electron chi connectivity index (χ3n) is 3.44. The molecule has 0 spiro atoms. The van der Waals surface area contributed by atoms with Crippen molar-refractivity contribution in [2.45, 2.75) is 13.8 Å². The van der Waals surface area contributed by atoms with Crippen molar-refractivity contribution < 1.29 is 13.9 Å². The fraction of sp³-hybridized carbons (Fsp3) is 0.267. The molecule has 1 N–H and O–H groups in total. The second kappa shape index (κ2) is 4.03. The summed E-state index contributed by atoms with van der Waals surface area (Å²) in [5, 5.41) is 0. The van der Waals surface area contributed by atoms with Crippen LogP contribution >= 0.6 is 0 Å². The number of aryl methyl sites for hydroxylation is 2. The van der Waals surface area contributed by atoms with Gasteiger partial charge in [0.25, 0.3) is 0 Å². The van der Waals surface area contributed by atoms with E-state index in [1.165, 1.54) is 0 Å². The van der Waals surface area contributed by atoms with Crippen molar-refractivity contribution >= 4 is 11.0 Å². The van der Waals surface area contributed by atoms with E-state index in [2.05, 4.69) is 9.97 Å². The lowest BCUT2D eigenvalue weighted by atomic mass is 10.2. The van der Waals surface area contributed by atoms with Crippen LogP contribution in [0.5, 0.6) is 11.5 Å². The van der Waals surface area contributed by atoms with Gasteiger partial charge in [-0.15, -0.1) is 0 Å². The van der Waals surface area contributed by atoms with Crippen LogP contribution in [0, 0.1) is 13.8 Å². The van der Waals surface area contributed by atoms with Crippen LogP contribution < -0.4 is 9.47 Å². The second-order valence-corrected chi connectivity index (χ2v) is 4.93. The van der Waals surface area contributed by atoms with E-state index in [0.29, 0.717) is 13.2 Å². The highest BCUT2D eigenvalue weighted by atomic mass is 16.6. The average molecular weight is 270 g/mol. The lowest BCUT2D eigenvalue weighted by Crippen LogP contribution is -2.15. The number of benzene rings is 1. The summed E-state index contributed by atoms with van der Waals surface area (Å²) >= 11 is 0. The largest absolute Gasteiger partial charge is 0.486 e. The van der Waals surface area contributed by atoms with E-state index in [-0.39, 0.29) is 0 Å². The lowest BCUT2D eigenvalue weighted by molar-refractivity contribution is 0.172. The number of aromatic amines is 1. The highest BCUT2D eigenvalue weighted by Gasteiger charge is 2.17. The molecule has 0 fully saturated rings. The Morgan fingerprint density at radius 3 is 2.50 bits per heavy atom. The van der Waals surface area contributed by atoms with E-state index in [9.17, 15) is 0 Å². The summed E-state index contributed by atoms with van der Waals surface area (Å²) in [6.45, 7) is 5.03. The number of furan rings is 1. The molecular weight excluding hydrogens is 256 g/mol. The molecule has 0 aliphatic carbocycles. The van der Waals surface area contributed by atoms with Gasteiger partial charge in [-0.1, -0.05) is 0 Å². The van der Waals surface area contributed by atoms with E-state index in [4.69, 9.17) is 13.9 Å². The zero-order valence-corrected chi connectivity index (χ0v) is 11.3. The molecule has 0 unspecified atom stereocenters. The molecule has 1 aromatic carbocycles. The molecule has 0 saturated heterocycles. The lowest BCUT2D eigenvalue weighted by Gasteiger charge is -2.17. The summed E-state index contributed by atoms with van der Waals surface area (Å²) < 4.78 is 16.7. The molecular formula is C15H14N2O3. The number of aromatic nitrogens is 2. The Morgan fingerprint density at radius 2 is 1.80 bits per heavy atom. The highest BCUT2D eigenvalue weighted by molar-refractivity contribution is 5.83. The zero-order chi connectivity index (χ0) is 13.7. The van der Waals surface area contributed by atoms with Crippen molar-refractivity contribution in [2.75, 3.05) is 13.2 Å². The summed E-state index contributed by atoms with van der Waals surface area (Å²) in [6, 6.07) is 5.83. The molecule has 1 aliphatic rings. The Morgan fingerprint density at radius 1 is 1.05 bits per heavy atom. The second-order valence-electron chi connectivity index (χ2n) is 4.93. The molecule has 4 rings (SSSR count). The topological polar surface area (TPSA) is 60.3 Å². The summed E-state index contributed by atoms with van der Waals surface area (Å²) in [4.78, 5) is 7.92. The van der Waals surface area contributed by atoms with Gasteiger partial charge >= 0.3 is 0 Å². The predicted molar refractivity (Wildman–Crippen MR) is 74.3 cm³/mol. The van der Waals surface area contributed by atoms with Crippen LogP contribution in [-0.4, -0.2) is 23.2 Å². The number of H-pyrrole nitrogens is 1. The van der Waals surface area contributed by atoms with E-state index in [1.54, 1.807) is 0 Å². The Bertz CT molecular complexity index is 758. The quantitative estimate of drug-likeness (QED) is 0.737. The number of rotatable bonds is 1. The molecule has 0 amide bonds. The van der Waals surface area contributed by atoms with Crippen LogP contribution in [0.25, 0.3) is 22.4 Å². The maximum atomic E-state index is 5.58. The highest BCUT2D eigenvalue weighted by Crippen LogP contribution is 2.35. The maximum Gasteiger partial charge on any atom is 0.163 e. The number of hydrogen-bond acceptors (Lipinski definition) is 4. The maximum absolute atomic E-state index is 5.58. The Hall–Kier alpha value is -2.43. The molecule has 5 heteroatoms. The molecule has 0 bridgehead atoms. The van der Waals surface area contributed by atoms with Crippen LogP contribution in [0.15, 0.2) is 22.6 Å². The Balaban J connectivity index is 1.88. The number of ether oxygens (including phenoxy) is 2. The minimum Gasteiger partial charge on any atom is -0.486 e. The van der Waals surface area contributed by atoms with Crippen molar-refractivity contribution in [2.24, 2.45) is 0 Å². The van der Waals surface area contributed by atoms with Gasteiger partial charge in [-0.25, -0.2) is 4.98 Å². The van der Waals surface area contributed by atoms with Gasteiger partial charge in [0, 0.05) is 12.1 Å². The van der Waals surface area contributed by atoms with Gasteiger partial charge in [-0.05, 0) is 19.9 Å². The summed E-state index contributed by atoms with van der Waals surface area (Å²) in [7, 11) is 0. The standard InChI is InChI=1S/C15H14N2O3/c1-8-5-10(9(2)20-8)15-16-11-6-13-14(7-12(11)17-15)19-4-3-18-13/h5-7H,3-4H2,1-2H3,(H,16,17). The number of fused-ring (bicyclic) bond motifs is 2. The van der Waals surface area contributed by atoms with E-state index < -0.39 is 0 Å². The molecule has 0 saturated carbocycles. The molecule has 0 atom stereocenters. The first-order valence-electron chi connectivity index (χ1n) is 6.57. The molecule has 1 aliphatic heterocycles. The van der Waals surface area contributed by atoms with Gasteiger partial charge in [-0.2, -0.15) is 0 Å². The third-order valence-corrected chi connectivity index (χ3v) is 3.44. The number of nitrogens with one attached hydrogen (secondary N) is 1. The molecule has 20 heavy (non-hydrogen) atoms. The van der Waals surface area contributed by atoms with Crippen molar-refractivity contribution in [1.29, 1.82) is 0 Å². The van der Waals surface area contributed by atoms with Crippen molar-refractivity contribution in [3.8, 4) is 22.9 Å². The molecule has 3 aromatic rings. The molecule has 102 valence electrons. The summed E-state index contributed by atoms with van der Waals surface area (Å²) in [5.74, 6) is 4.06. The third kappa shape index (κ3) is 1.66. The Kier molecular flexibility index (Phi) is 2.30. The molecule has 2 aromatic heterocycles. The Labute approximate surface area is 115 Å². The van der Waals surface area contributed by atoms with Crippen LogP contribution in [0.4, 0.5) is 0 Å². The minimum atomic E-state index is 0.579. The number of imidazole rings is 1. The first-order chi connectivity index (χ1) is 9.70. The van der Waals surface area contributed by atoms with Crippen molar-refractivity contribution in [1.82, 2.24) is 9.97 Å². The molecule has 5 nitrogen and oxygen atoms in total. The van der Waals surface area contributed by atoms with E-state index >= 15 is 0 Å². The van der Waals surface area contributed by atoms with Gasteiger partial charge in [-0.3, -0.25) is 0 Å². The minimum absolute atomic E-state index is 0.579. The SMILES string of the molecule is Cc1cc(-c2nc3cc4c(cc3[nH]2)OCCO4)c(C)o1. The fourth-order valence-electron chi connectivity index (χ4n) is 2.54. The van der Waals surface area contributed by atoms with Crippen molar-refractivity contribution in [3.63, 3.8) is 0 Å². The van der Waals surface area contributed by atoms with Gasteiger partial charge in [0.2, 0.25) is 0 Å². The number of nitrogens with zero attached hydrogens (tertiary/aromatic N) is 1. The molecule has 3 heterocycles. The monoisotopic (exact) mass is 270 g/mol. The summed E-state index contributed by atoms with van der Waals surface area (Å²) in [6.07, 6.45) is 0. The van der Waals surface area contributed by atoms with Crippen LogP contribution in [0.3, 0.4) is 0 Å². The van der Waals surface area contributed by atoms with E-state index in [0.717, 1.165) is 45.4 Å². The number of hydrogen-bond donors (Lipinski definition) is 1. The zero-order valence-electron chi connectivity index (χ0n) is 11.3. The van der Waals surface area contributed by atoms with Gasteiger partial charge in [0.1, 0.15) is 30.6 Å². The van der Waals surface area contributed by atoms with Gasteiger partial charge in [0.05, 0.1) is 16.6 Å². The smallest absolute Gasteiger partial charge is 0.163 e. The van der Waals surface area contributed by atoms with Crippen LogP contribution in [0.1, 0.15) is 11.5 Å². The van der Waals surface area contributed by atoms with Gasteiger partial charge in [0.15, 0.2) is 11.5 Å². The van der Waals surface area contributed by atoms with Gasteiger partial charge < -0.3 is 18.9 Å².